The van der Waals surface area contributed by atoms with Crippen LogP contribution in [0.5, 0.6) is 0 Å². The van der Waals surface area contributed by atoms with E-state index in [0.717, 1.165) is 11.5 Å². The Kier molecular flexibility index (Phi) is 4.05. The van der Waals surface area contributed by atoms with Crippen molar-refractivity contribution in [2.24, 2.45) is 0 Å². The molecule has 1 aliphatic rings. The summed E-state index contributed by atoms with van der Waals surface area (Å²) in [5.74, 6) is -1.29. The van der Waals surface area contributed by atoms with Crippen molar-refractivity contribution >= 4 is 23.4 Å². The van der Waals surface area contributed by atoms with Crippen molar-refractivity contribution in [3.8, 4) is 0 Å². The summed E-state index contributed by atoms with van der Waals surface area (Å²) in [6.07, 6.45) is 0. The average Bonchev–Trinajstić information content (AvgIpc) is 2.87. The number of hydrogen-bond donors (Lipinski definition) is 2. The molecular weight excluding hydrogens is 280 g/mol. The Balaban J connectivity index is 2.31. The Morgan fingerprint density at radius 2 is 2.15 bits per heavy atom. The van der Waals surface area contributed by atoms with E-state index in [2.05, 4.69) is 14.9 Å². The number of carbonyl (C=O) groups excluding carboxylic acids is 1. The van der Waals surface area contributed by atoms with Gasteiger partial charge in [-0.1, -0.05) is 25.3 Å². The van der Waals surface area contributed by atoms with E-state index in [1.165, 1.54) is 4.90 Å². The summed E-state index contributed by atoms with van der Waals surface area (Å²) in [4.78, 5) is 25.7. The lowest BCUT2D eigenvalue weighted by Crippen LogP contribution is -2.57. The fourth-order valence-electron chi connectivity index (χ4n) is 2.12. The SMILES string of the molecule is CC(C)(C)c1nnsc1C(=O)N1CCNCC1C(=O)O. The molecule has 1 aromatic heterocycles. The van der Waals surface area contributed by atoms with Crippen LogP contribution in [0, 0.1) is 0 Å². The fourth-order valence-corrected chi connectivity index (χ4v) is 2.95. The Labute approximate surface area is 121 Å². The monoisotopic (exact) mass is 298 g/mol. The number of aliphatic carboxylic acids is 1. The second-order valence-corrected chi connectivity index (χ2v) is 6.51. The van der Waals surface area contributed by atoms with Gasteiger partial charge in [0.2, 0.25) is 0 Å². The Morgan fingerprint density at radius 1 is 1.45 bits per heavy atom. The van der Waals surface area contributed by atoms with Gasteiger partial charge in [0.15, 0.2) is 0 Å². The van der Waals surface area contributed by atoms with Crippen LogP contribution in [0.3, 0.4) is 0 Å². The van der Waals surface area contributed by atoms with Crippen molar-refractivity contribution < 1.29 is 14.7 Å². The van der Waals surface area contributed by atoms with Gasteiger partial charge in [-0.15, -0.1) is 5.10 Å². The molecule has 1 atom stereocenters. The van der Waals surface area contributed by atoms with E-state index in [-0.39, 0.29) is 17.9 Å². The van der Waals surface area contributed by atoms with Crippen LogP contribution in [0.1, 0.15) is 36.1 Å². The van der Waals surface area contributed by atoms with Gasteiger partial charge < -0.3 is 15.3 Å². The first-order valence-corrected chi connectivity index (χ1v) is 7.17. The number of aromatic nitrogens is 2. The molecule has 20 heavy (non-hydrogen) atoms. The Hall–Kier alpha value is -1.54. The topological polar surface area (TPSA) is 95.4 Å². The lowest BCUT2D eigenvalue weighted by Gasteiger charge is -2.33. The zero-order chi connectivity index (χ0) is 14.9. The molecule has 0 aliphatic carbocycles. The highest BCUT2D eigenvalue weighted by atomic mass is 32.1. The van der Waals surface area contributed by atoms with E-state index in [0.29, 0.717) is 23.7 Å². The van der Waals surface area contributed by atoms with Crippen LogP contribution >= 0.6 is 11.5 Å². The summed E-state index contributed by atoms with van der Waals surface area (Å²) in [5, 5.41) is 16.2. The summed E-state index contributed by atoms with van der Waals surface area (Å²) in [7, 11) is 0. The van der Waals surface area contributed by atoms with Crippen molar-refractivity contribution in [2.75, 3.05) is 19.6 Å². The summed E-state index contributed by atoms with van der Waals surface area (Å²) in [6, 6.07) is -0.842. The van der Waals surface area contributed by atoms with Gasteiger partial charge in [0.25, 0.3) is 5.91 Å². The number of carboxylic acids is 1. The number of nitrogens with one attached hydrogen (secondary N) is 1. The number of nitrogens with zero attached hydrogens (tertiary/aromatic N) is 3. The van der Waals surface area contributed by atoms with Gasteiger partial charge in [-0.3, -0.25) is 4.79 Å². The molecule has 1 aromatic rings. The Morgan fingerprint density at radius 3 is 2.75 bits per heavy atom. The highest BCUT2D eigenvalue weighted by molar-refractivity contribution is 7.08. The molecule has 1 saturated heterocycles. The summed E-state index contributed by atoms with van der Waals surface area (Å²) in [6.45, 7) is 7.08. The number of amides is 1. The third kappa shape index (κ3) is 2.80. The zero-order valence-electron chi connectivity index (χ0n) is 11.7. The maximum absolute atomic E-state index is 12.6. The minimum absolute atomic E-state index is 0.262. The van der Waals surface area contributed by atoms with E-state index in [9.17, 15) is 14.7 Å². The fraction of sp³-hybridized carbons (Fsp3) is 0.667. The van der Waals surface area contributed by atoms with Crippen molar-refractivity contribution in [3.63, 3.8) is 0 Å². The van der Waals surface area contributed by atoms with Crippen LogP contribution in [-0.4, -0.2) is 57.1 Å². The van der Waals surface area contributed by atoms with E-state index < -0.39 is 12.0 Å². The molecule has 2 rings (SSSR count). The third-order valence-electron chi connectivity index (χ3n) is 3.18. The van der Waals surface area contributed by atoms with Crippen molar-refractivity contribution in [2.45, 2.75) is 32.2 Å². The molecule has 0 aromatic carbocycles. The molecule has 8 heteroatoms. The van der Waals surface area contributed by atoms with Gasteiger partial charge in [-0.05, 0) is 11.5 Å². The number of piperazine rings is 1. The van der Waals surface area contributed by atoms with Crippen LogP contribution in [0.15, 0.2) is 0 Å². The molecule has 110 valence electrons. The van der Waals surface area contributed by atoms with Crippen LogP contribution in [0.4, 0.5) is 0 Å². The maximum Gasteiger partial charge on any atom is 0.327 e. The molecule has 1 amide bonds. The highest BCUT2D eigenvalue weighted by Gasteiger charge is 2.36. The van der Waals surface area contributed by atoms with E-state index in [1.54, 1.807) is 0 Å². The first-order valence-electron chi connectivity index (χ1n) is 6.39. The van der Waals surface area contributed by atoms with Gasteiger partial charge in [0.1, 0.15) is 10.9 Å². The Bertz CT molecular complexity index is 523. The first-order chi connectivity index (χ1) is 9.32. The number of hydrogen-bond acceptors (Lipinski definition) is 6. The van der Waals surface area contributed by atoms with Gasteiger partial charge >= 0.3 is 5.97 Å². The number of carbonyl (C=O) groups is 2. The van der Waals surface area contributed by atoms with Gasteiger partial charge in [-0.2, -0.15) is 0 Å². The lowest BCUT2D eigenvalue weighted by atomic mass is 9.91. The van der Waals surface area contributed by atoms with Crippen LogP contribution in [-0.2, 0) is 10.2 Å². The smallest absolute Gasteiger partial charge is 0.327 e. The number of carboxylic acid groups (broad SMARTS) is 1. The number of rotatable bonds is 2. The van der Waals surface area contributed by atoms with Crippen LogP contribution in [0.2, 0.25) is 0 Å². The van der Waals surface area contributed by atoms with Crippen molar-refractivity contribution in [1.29, 1.82) is 0 Å². The summed E-state index contributed by atoms with van der Waals surface area (Å²) >= 11 is 1.03. The summed E-state index contributed by atoms with van der Waals surface area (Å²) in [5.41, 5.74) is 0.320. The molecule has 1 unspecified atom stereocenters. The average molecular weight is 298 g/mol. The minimum Gasteiger partial charge on any atom is -0.480 e. The first kappa shape index (κ1) is 14.9. The maximum atomic E-state index is 12.6. The van der Waals surface area contributed by atoms with Gasteiger partial charge in [0.05, 0.1) is 5.69 Å². The molecule has 1 aliphatic heterocycles. The largest absolute Gasteiger partial charge is 0.480 e. The quantitative estimate of drug-likeness (QED) is 0.817. The third-order valence-corrected chi connectivity index (χ3v) is 3.90. The zero-order valence-corrected chi connectivity index (χ0v) is 12.5. The predicted octanol–water partition coefficient (Wildman–Crippen LogP) is 0.334. The highest BCUT2D eigenvalue weighted by Crippen LogP contribution is 2.27. The normalized spacial score (nSPS) is 19.9. The van der Waals surface area contributed by atoms with E-state index in [4.69, 9.17) is 0 Å². The molecule has 0 saturated carbocycles. The molecule has 0 spiro atoms. The van der Waals surface area contributed by atoms with E-state index in [1.807, 2.05) is 20.8 Å². The molecule has 0 radical (unpaired) electrons. The molecule has 7 nitrogen and oxygen atoms in total. The predicted molar refractivity (Wildman–Crippen MR) is 73.9 cm³/mol. The molecule has 0 bridgehead atoms. The van der Waals surface area contributed by atoms with Crippen LogP contribution < -0.4 is 5.32 Å². The minimum atomic E-state index is -1.000. The molecule has 1 fully saturated rings. The second-order valence-electron chi connectivity index (χ2n) is 5.76. The standard InChI is InChI=1S/C12H18N4O3S/c1-12(2,3)9-8(20-15-14-9)10(17)16-5-4-13-6-7(16)11(18)19/h7,13H,4-6H2,1-3H3,(H,18,19). The van der Waals surface area contributed by atoms with Crippen molar-refractivity contribution in [1.82, 2.24) is 19.8 Å². The van der Waals surface area contributed by atoms with Crippen LogP contribution in [0.25, 0.3) is 0 Å². The summed E-state index contributed by atoms with van der Waals surface area (Å²) < 4.78 is 3.86. The van der Waals surface area contributed by atoms with Gasteiger partial charge in [-0.25, -0.2) is 4.79 Å². The molecule has 2 heterocycles. The van der Waals surface area contributed by atoms with E-state index >= 15 is 0 Å². The molecule has 2 N–H and O–H groups in total. The van der Waals surface area contributed by atoms with Gasteiger partial charge in [0, 0.05) is 25.0 Å². The van der Waals surface area contributed by atoms with Crippen molar-refractivity contribution in [3.05, 3.63) is 10.6 Å². The second kappa shape index (κ2) is 5.45. The lowest BCUT2D eigenvalue weighted by molar-refractivity contribution is -0.142. The molecular formula is C12H18N4O3S.